The van der Waals surface area contributed by atoms with Gasteiger partial charge in [-0.05, 0) is 43.4 Å². The first-order valence-electron chi connectivity index (χ1n) is 14.1. The van der Waals surface area contributed by atoms with Crippen LogP contribution in [0.3, 0.4) is 0 Å². The Hall–Kier alpha value is -5.78. The number of hydrogen-bond donors (Lipinski definition) is 8. The molecule has 3 amide bonds. The van der Waals surface area contributed by atoms with Gasteiger partial charge in [0.1, 0.15) is 12.6 Å². The van der Waals surface area contributed by atoms with E-state index in [1.54, 1.807) is 30.3 Å². The first kappa shape index (κ1) is 36.4. The number of carbonyl (C=O) groups excluding carboxylic acids is 4. The van der Waals surface area contributed by atoms with Gasteiger partial charge in [0.05, 0.1) is 11.5 Å². The molecule has 0 radical (unpaired) electrons. The number of non-ortho nitro benzene ring substituents is 1. The molecule has 46 heavy (non-hydrogen) atoms. The van der Waals surface area contributed by atoms with Crippen LogP contribution in [0.2, 0.25) is 0 Å². The molecular formula is C28H39N11O7. The summed E-state index contributed by atoms with van der Waals surface area (Å²) in [6.45, 7) is -0.554. The van der Waals surface area contributed by atoms with Gasteiger partial charge in [0.25, 0.3) is 11.6 Å². The number of amides is 3. The summed E-state index contributed by atoms with van der Waals surface area (Å²) in [6.07, 6.45) is 0.301. The third-order valence-electron chi connectivity index (χ3n) is 6.36. The highest BCUT2D eigenvalue weighted by Gasteiger charge is 2.43. The fraction of sp³-hybridized carbons (Fsp3) is 0.357. The Balaban J connectivity index is 2.10. The molecule has 2 aromatic carbocycles. The molecule has 2 atom stereocenters. The molecule has 0 spiro atoms. The molecule has 13 N–H and O–H groups in total. The molecule has 0 aromatic heterocycles. The Morgan fingerprint density at radius 3 is 2.11 bits per heavy atom. The second-order valence-electron chi connectivity index (χ2n) is 9.99. The molecule has 248 valence electrons. The van der Waals surface area contributed by atoms with Gasteiger partial charge in [0.2, 0.25) is 11.8 Å². The van der Waals surface area contributed by atoms with E-state index in [1.807, 2.05) is 0 Å². The fourth-order valence-electron chi connectivity index (χ4n) is 3.96. The van der Waals surface area contributed by atoms with E-state index in [0.717, 1.165) is 0 Å². The highest BCUT2D eigenvalue weighted by atomic mass is 16.6. The summed E-state index contributed by atoms with van der Waals surface area (Å²) < 4.78 is 5.31. The van der Waals surface area contributed by atoms with Gasteiger partial charge in [0, 0.05) is 30.9 Å². The van der Waals surface area contributed by atoms with Gasteiger partial charge in [-0.2, -0.15) is 0 Å². The third kappa shape index (κ3) is 12.4. The normalized spacial score (nSPS) is 12.4. The summed E-state index contributed by atoms with van der Waals surface area (Å²) >= 11 is 0. The Kier molecular flexibility index (Phi) is 14.3. The summed E-state index contributed by atoms with van der Waals surface area (Å²) in [6, 6.07) is 12.7. The van der Waals surface area contributed by atoms with Gasteiger partial charge in [-0.15, -0.1) is 0 Å². The van der Waals surface area contributed by atoms with Crippen molar-refractivity contribution in [1.29, 1.82) is 0 Å². The topological polar surface area (TPSA) is 312 Å². The number of hydrogen-bond acceptors (Lipinski definition) is 10. The standard InChI is InChI=1S/C28H39N11O7/c29-26(30)34-14-4-8-21(23(41)37-19-9-11-20(12-10-19)39(44)45)38-22(40)16-36-24(42)28(33,13-5-15-35-27(31)32)25(43)46-17-18-6-2-1-3-7-18/h1-3,6-7,9-12,21H,4-5,8,13-17,33H2,(H,36,42)(H,37,41)(H,38,40)(H4,29,30,34)(H4,31,32,35)/t21-,28+/m0/s1. The molecule has 0 unspecified atom stereocenters. The Morgan fingerprint density at radius 1 is 0.913 bits per heavy atom. The number of nitro groups is 1. The molecular weight excluding hydrogens is 602 g/mol. The van der Waals surface area contributed by atoms with Gasteiger partial charge in [-0.25, -0.2) is 4.79 Å². The fourth-order valence-corrected chi connectivity index (χ4v) is 3.96. The molecule has 18 nitrogen and oxygen atoms in total. The smallest absolute Gasteiger partial charge is 0.336 e. The lowest BCUT2D eigenvalue weighted by Gasteiger charge is -2.26. The second-order valence-corrected chi connectivity index (χ2v) is 9.99. The minimum absolute atomic E-state index is 0.0758. The lowest BCUT2D eigenvalue weighted by atomic mass is 9.93. The predicted molar refractivity (Wildman–Crippen MR) is 170 cm³/mol. The lowest BCUT2D eigenvalue weighted by Crippen LogP contribution is -2.61. The van der Waals surface area contributed by atoms with E-state index in [1.165, 1.54) is 24.3 Å². The van der Waals surface area contributed by atoms with Gasteiger partial charge in [-0.3, -0.25) is 34.5 Å². The first-order chi connectivity index (χ1) is 21.8. The average Bonchev–Trinajstić information content (AvgIpc) is 3.02. The molecule has 0 aliphatic heterocycles. The zero-order valence-corrected chi connectivity index (χ0v) is 25.0. The van der Waals surface area contributed by atoms with E-state index in [-0.39, 0.29) is 68.7 Å². The lowest BCUT2D eigenvalue weighted by molar-refractivity contribution is -0.384. The first-order valence-corrected chi connectivity index (χ1v) is 14.1. The molecule has 0 aliphatic rings. The maximum atomic E-state index is 13.2. The van der Waals surface area contributed by atoms with Crippen LogP contribution in [-0.4, -0.2) is 71.7 Å². The van der Waals surface area contributed by atoms with Gasteiger partial charge in [-0.1, -0.05) is 30.3 Å². The van der Waals surface area contributed by atoms with Crippen molar-refractivity contribution in [1.82, 2.24) is 10.6 Å². The SMILES string of the molecule is NC(N)=NCCC[C@H](NC(=O)CNC(=O)[C@](N)(CCCN=C(N)N)C(=O)OCc1ccccc1)C(=O)Nc1ccc([N+](=O)[O-])cc1. The summed E-state index contributed by atoms with van der Waals surface area (Å²) in [7, 11) is 0. The molecule has 0 fully saturated rings. The number of esters is 1. The largest absolute Gasteiger partial charge is 0.459 e. The molecule has 0 bridgehead atoms. The van der Waals surface area contributed by atoms with Gasteiger partial charge in [0.15, 0.2) is 17.5 Å². The quantitative estimate of drug-likeness (QED) is 0.0179. The number of guanidine groups is 2. The number of aliphatic imine (C=N–C) groups is 2. The van der Waals surface area contributed by atoms with Gasteiger partial charge < -0.3 is 49.4 Å². The Labute approximate surface area is 264 Å². The summed E-state index contributed by atoms with van der Waals surface area (Å²) in [5, 5.41) is 18.3. The third-order valence-corrected chi connectivity index (χ3v) is 6.36. The number of benzene rings is 2. The number of nitro benzene ring substituents is 1. The molecule has 18 heteroatoms. The van der Waals surface area contributed by atoms with Crippen LogP contribution in [0, 0.1) is 10.1 Å². The monoisotopic (exact) mass is 641 g/mol. The van der Waals surface area contributed by atoms with E-state index in [0.29, 0.717) is 5.56 Å². The van der Waals surface area contributed by atoms with Crippen molar-refractivity contribution < 1.29 is 28.8 Å². The van der Waals surface area contributed by atoms with Crippen LogP contribution < -0.4 is 44.6 Å². The van der Waals surface area contributed by atoms with E-state index < -0.39 is 46.7 Å². The van der Waals surface area contributed by atoms with Crippen LogP contribution in [-0.2, 0) is 30.5 Å². The van der Waals surface area contributed by atoms with Crippen LogP contribution in [0.4, 0.5) is 11.4 Å². The number of rotatable bonds is 18. The molecule has 2 rings (SSSR count). The van der Waals surface area contributed by atoms with Gasteiger partial charge >= 0.3 is 5.97 Å². The predicted octanol–water partition coefficient (Wildman–Crippen LogP) is -1.32. The molecule has 0 aliphatic carbocycles. The number of carbonyl (C=O) groups is 4. The van der Waals surface area contributed by atoms with Crippen LogP contribution in [0.15, 0.2) is 64.6 Å². The highest BCUT2D eigenvalue weighted by molar-refractivity contribution is 6.08. The summed E-state index contributed by atoms with van der Waals surface area (Å²) in [5.41, 5.74) is 26.2. The van der Waals surface area contributed by atoms with Crippen molar-refractivity contribution in [2.45, 2.75) is 43.9 Å². The Bertz CT molecular complexity index is 1410. The minimum Gasteiger partial charge on any atom is -0.459 e. The maximum Gasteiger partial charge on any atom is 0.336 e. The molecule has 0 heterocycles. The second kappa shape index (κ2) is 18.1. The zero-order valence-electron chi connectivity index (χ0n) is 25.0. The van der Waals surface area contributed by atoms with Crippen molar-refractivity contribution in [3.8, 4) is 0 Å². The van der Waals surface area contributed by atoms with Crippen molar-refractivity contribution in [2.75, 3.05) is 25.0 Å². The number of nitrogens with one attached hydrogen (secondary N) is 3. The summed E-state index contributed by atoms with van der Waals surface area (Å²) in [5.74, 6) is -3.77. The van der Waals surface area contributed by atoms with E-state index in [2.05, 4.69) is 25.9 Å². The average molecular weight is 642 g/mol. The van der Waals surface area contributed by atoms with Crippen LogP contribution >= 0.6 is 0 Å². The van der Waals surface area contributed by atoms with Crippen molar-refractivity contribution >= 4 is 47.0 Å². The Morgan fingerprint density at radius 2 is 1.52 bits per heavy atom. The molecule has 0 saturated carbocycles. The highest BCUT2D eigenvalue weighted by Crippen LogP contribution is 2.17. The maximum absolute atomic E-state index is 13.2. The molecule has 0 saturated heterocycles. The number of ether oxygens (including phenoxy) is 1. The van der Waals surface area contributed by atoms with Crippen LogP contribution in [0.1, 0.15) is 31.2 Å². The number of nitrogens with two attached hydrogens (primary N) is 5. The number of anilines is 1. The minimum atomic E-state index is -2.19. The zero-order chi connectivity index (χ0) is 34.1. The van der Waals surface area contributed by atoms with Crippen molar-refractivity contribution in [3.05, 3.63) is 70.3 Å². The van der Waals surface area contributed by atoms with Crippen molar-refractivity contribution in [2.24, 2.45) is 38.7 Å². The summed E-state index contributed by atoms with van der Waals surface area (Å²) in [4.78, 5) is 70.1. The van der Waals surface area contributed by atoms with E-state index in [4.69, 9.17) is 33.4 Å². The van der Waals surface area contributed by atoms with Crippen molar-refractivity contribution in [3.63, 3.8) is 0 Å². The molecule has 2 aromatic rings. The van der Waals surface area contributed by atoms with Crippen LogP contribution in [0.25, 0.3) is 0 Å². The number of nitrogens with zero attached hydrogens (tertiary/aromatic N) is 3. The van der Waals surface area contributed by atoms with Crippen LogP contribution in [0.5, 0.6) is 0 Å². The van der Waals surface area contributed by atoms with E-state index in [9.17, 15) is 29.3 Å². The van der Waals surface area contributed by atoms with E-state index >= 15 is 0 Å².